The molecule has 0 bridgehead atoms. The average molecular weight is 408 g/mol. The summed E-state index contributed by atoms with van der Waals surface area (Å²) in [6.45, 7) is 3.78. The first-order chi connectivity index (χ1) is 14.6. The van der Waals surface area contributed by atoms with Gasteiger partial charge in [-0.1, -0.05) is 41.6 Å². The lowest BCUT2D eigenvalue weighted by Crippen LogP contribution is -2.45. The fraction of sp³-hybridized carbons (Fsp3) is 0.348. The van der Waals surface area contributed by atoms with Crippen LogP contribution >= 0.6 is 0 Å². The van der Waals surface area contributed by atoms with Gasteiger partial charge in [0, 0.05) is 31.6 Å². The zero-order valence-electron chi connectivity index (χ0n) is 17.0. The molecule has 3 aromatic rings. The smallest absolute Gasteiger partial charge is 0.317 e. The van der Waals surface area contributed by atoms with Crippen molar-refractivity contribution >= 4 is 6.03 Å². The van der Waals surface area contributed by atoms with Crippen LogP contribution in [0.15, 0.2) is 53.1 Å². The Bertz CT molecular complexity index is 1000. The largest absolute Gasteiger partial charge is 0.339 e. The molecule has 0 saturated carbocycles. The summed E-state index contributed by atoms with van der Waals surface area (Å²) in [5, 5.41) is 7.05. The van der Waals surface area contributed by atoms with Crippen molar-refractivity contribution in [3.63, 3.8) is 0 Å². The number of aromatic nitrogens is 2. The van der Waals surface area contributed by atoms with E-state index in [4.69, 9.17) is 4.52 Å². The summed E-state index contributed by atoms with van der Waals surface area (Å²) < 4.78 is 18.5. The van der Waals surface area contributed by atoms with E-state index in [0.29, 0.717) is 31.2 Å². The van der Waals surface area contributed by atoms with Crippen LogP contribution in [0.3, 0.4) is 0 Å². The predicted molar refractivity (Wildman–Crippen MR) is 111 cm³/mol. The second kappa shape index (κ2) is 9.07. The lowest BCUT2D eigenvalue weighted by atomic mass is 9.95. The number of hydrogen-bond donors (Lipinski definition) is 1. The molecule has 1 aromatic heterocycles. The number of carbonyl (C=O) groups excluding carboxylic acids is 1. The molecule has 2 heterocycles. The number of benzene rings is 2. The predicted octanol–water partition coefficient (Wildman–Crippen LogP) is 4.35. The molecule has 0 radical (unpaired) electrons. The SMILES string of the molecule is Cc1ccccc1-c1noc(CC2CCCN(C(=O)NCc3ccc(F)cc3)C2)n1. The minimum Gasteiger partial charge on any atom is -0.339 e. The molecule has 0 aliphatic carbocycles. The third-order valence-electron chi connectivity index (χ3n) is 5.48. The summed E-state index contributed by atoms with van der Waals surface area (Å²) in [4.78, 5) is 18.9. The van der Waals surface area contributed by atoms with Gasteiger partial charge in [-0.15, -0.1) is 0 Å². The van der Waals surface area contributed by atoms with Crippen LogP contribution in [-0.4, -0.2) is 34.2 Å². The highest BCUT2D eigenvalue weighted by Gasteiger charge is 2.25. The summed E-state index contributed by atoms with van der Waals surface area (Å²) in [5.41, 5.74) is 2.94. The molecule has 7 heteroatoms. The number of likely N-dealkylation sites (tertiary alicyclic amines) is 1. The molecule has 2 amide bonds. The number of nitrogens with one attached hydrogen (secondary N) is 1. The van der Waals surface area contributed by atoms with E-state index in [0.717, 1.165) is 36.1 Å². The number of rotatable bonds is 5. The van der Waals surface area contributed by atoms with Crippen molar-refractivity contribution in [3.05, 3.63) is 71.4 Å². The molecule has 6 nitrogen and oxygen atoms in total. The molecule has 156 valence electrons. The number of nitrogens with zero attached hydrogens (tertiary/aromatic N) is 3. The van der Waals surface area contributed by atoms with E-state index >= 15 is 0 Å². The second-order valence-corrected chi connectivity index (χ2v) is 7.77. The zero-order valence-corrected chi connectivity index (χ0v) is 17.0. The van der Waals surface area contributed by atoms with Crippen LogP contribution in [0.5, 0.6) is 0 Å². The van der Waals surface area contributed by atoms with E-state index in [9.17, 15) is 9.18 Å². The summed E-state index contributed by atoms with van der Waals surface area (Å²) in [5.74, 6) is 1.20. The molecule has 30 heavy (non-hydrogen) atoms. The zero-order chi connectivity index (χ0) is 20.9. The maximum absolute atomic E-state index is 13.0. The third kappa shape index (κ3) is 4.84. The Hall–Kier alpha value is -3.22. The number of hydrogen-bond acceptors (Lipinski definition) is 4. The topological polar surface area (TPSA) is 71.3 Å². The van der Waals surface area contributed by atoms with E-state index < -0.39 is 0 Å². The van der Waals surface area contributed by atoms with Crippen molar-refractivity contribution in [1.82, 2.24) is 20.4 Å². The maximum Gasteiger partial charge on any atom is 0.317 e. The van der Waals surface area contributed by atoms with Crippen molar-refractivity contribution in [2.75, 3.05) is 13.1 Å². The molecule has 1 atom stereocenters. The lowest BCUT2D eigenvalue weighted by molar-refractivity contribution is 0.161. The van der Waals surface area contributed by atoms with Crippen LogP contribution < -0.4 is 5.32 Å². The van der Waals surface area contributed by atoms with E-state index in [1.54, 1.807) is 12.1 Å². The second-order valence-electron chi connectivity index (χ2n) is 7.77. The van der Waals surface area contributed by atoms with E-state index in [-0.39, 0.29) is 17.8 Å². The Morgan fingerprint density at radius 2 is 2.03 bits per heavy atom. The van der Waals surface area contributed by atoms with Gasteiger partial charge in [0.25, 0.3) is 0 Å². The molecular formula is C23H25FN4O2. The highest BCUT2D eigenvalue weighted by Crippen LogP contribution is 2.23. The molecule has 4 rings (SSSR count). The van der Waals surface area contributed by atoms with Crippen molar-refractivity contribution in [3.8, 4) is 11.4 Å². The molecular weight excluding hydrogens is 383 g/mol. The van der Waals surface area contributed by atoms with Crippen molar-refractivity contribution < 1.29 is 13.7 Å². The molecule has 1 unspecified atom stereocenters. The fourth-order valence-electron chi connectivity index (χ4n) is 3.83. The Balaban J connectivity index is 1.32. The first-order valence-electron chi connectivity index (χ1n) is 10.2. The number of halogens is 1. The minimum absolute atomic E-state index is 0.102. The Labute approximate surface area is 175 Å². The molecule has 1 saturated heterocycles. The number of urea groups is 1. The molecule has 1 N–H and O–H groups in total. The van der Waals surface area contributed by atoms with Gasteiger partial charge in [0.15, 0.2) is 0 Å². The van der Waals surface area contributed by atoms with E-state index in [1.807, 2.05) is 36.1 Å². The van der Waals surface area contributed by atoms with Crippen LogP contribution in [0.2, 0.25) is 0 Å². The highest BCUT2D eigenvalue weighted by atomic mass is 19.1. The first-order valence-corrected chi connectivity index (χ1v) is 10.2. The molecule has 1 aliphatic rings. The van der Waals surface area contributed by atoms with E-state index in [2.05, 4.69) is 15.5 Å². The monoisotopic (exact) mass is 408 g/mol. The van der Waals surface area contributed by atoms with Crippen molar-refractivity contribution in [1.29, 1.82) is 0 Å². The van der Waals surface area contributed by atoms with Crippen molar-refractivity contribution in [2.24, 2.45) is 5.92 Å². The normalized spacial score (nSPS) is 16.5. The summed E-state index contributed by atoms with van der Waals surface area (Å²) in [7, 11) is 0. The summed E-state index contributed by atoms with van der Waals surface area (Å²) >= 11 is 0. The number of piperidine rings is 1. The maximum atomic E-state index is 13.0. The van der Waals surface area contributed by atoms with Crippen LogP contribution in [-0.2, 0) is 13.0 Å². The number of amides is 2. The number of aryl methyl sites for hydroxylation is 1. The number of carbonyl (C=O) groups is 1. The van der Waals surface area contributed by atoms with Gasteiger partial charge < -0.3 is 14.7 Å². The van der Waals surface area contributed by atoms with Gasteiger partial charge in [0.2, 0.25) is 11.7 Å². The summed E-state index contributed by atoms with van der Waals surface area (Å²) in [6, 6.07) is 14.0. The molecule has 0 spiro atoms. The Morgan fingerprint density at radius 3 is 2.83 bits per heavy atom. The molecule has 1 fully saturated rings. The van der Waals surface area contributed by atoms with Gasteiger partial charge in [0.05, 0.1) is 0 Å². The Kier molecular flexibility index (Phi) is 6.07. The minimum atomic E-state index is -0.282. The van der Waals surface area contributed by atoms with Crippen LogP contribution in [0.4, 0.5) is 9.18 Å². The highest BCUT2D eigenvalue weighted by molar-refractivity contribution is 5.74. The van der Waals surface area contributed by atoms with Gasteiger partial charge >= 0.3 is 6.03 Å². The standard InChI is InChI=1S/C23H25FN4O2/c1-16-5-2-3-7-20(16)22-26-21(30-27-22)13-18-6-4-12-28(15-18)23(29)25-14-17-8-10-19(24)11-9-17/h2-3,5,7-11,18H,4,6,12-15H2,1H3,(H,25,29). The van der Waals surface area contributed by atoms with Gasteiger partial charge in [-0.2, -0.15) is 4.98 Å². The first kappa shape index (κ1) is 20.1. The van der Waals surface area contributed by atoms with Crippen molar-refractivity contribution in [2.45, 2.75) is 32.7 Å². The van der Waals surface area contributed by atoms with Gasteiger partial charge in [-0.05, 0) is 48.9 Å². The lowest BCUT2D eigenvalue weighted by Gasteiger charge is -2.32. The van der Waals surface area contributed by atoms with Gasteiger partial charge in [0.1, 0.15) is 5.82 Å². The van der Waals surface area contributed by atoms with Crippen LogP contribution in [0, 0.1) is 18.7 Å². The quantitative estimate of drug-likeness (QED) is 0.681. The average Bonchev–Trinajstić information content (AvgIpc) is 3.22. The van der Waals surface area contributed by atoms with Crippen LogP contribution in [0.1, 0.15) is 29.9 Å². The van der Waals surface area contributed by atoms with E-state index in [1.165, 1.54) is 12.1 Å². The molecule has 1 aliphatic heterocycles. The Morgan fingerprint density at radius 1 is 1.23 bits per heavy atom. The third-order valence-corrected chi connectivity index (χ3v) is 5.48. The fourth-order valence-corrected chi connectivity index (χ4v) is 3.83. The van der Waals surface area contributed by atoms with Crippen LogP contribution in [0.25, 0.3) is 11.4 Å². The van der Waals surface area contributed by atoms with Gasteiger partial charge in [-0.25, -0.2) is 9.18 Å². The van der Waals surface area contributed by atoms with Gasteiger partial charge in [-0.3, -0.25) is 0 Å². The molecule has 2 aromatic carbocycles. The summed E-state index contributed by atoms with van der Waals surface area (Å²) in [6.07, 6.45) is 2.61.